The molecule has 70 heavy (non-hydrogen) atoms. The predicted molar refractivity (Wildman–Crippen MR) is 304 cm³/mol. The molecular weight excluding hydrogens is 921 g/mol. The molecule has 0 atom stereocenters. The van der Waals surface area contributed by atoms with Crippen LogP contribution in [0.1, 0.15) is 0 Å². The smallest absolute Gasteiger partial charge is 0.0340 e. The summed E-state index contributed by atoms with van der Waals surface area (Å²) in [7, 11) is 0. The monoisotopic (exact) mass is 960 g/mol. The highest BCUT2D eigenvalue weighted by molar-refractivity contribution is 8.05. The minimum absolute atomic E-state index is 1.24. The van der Waals surface area contributed by atoms with Crippen molar-refractivity contribution in [2.75, 3.05) is 0 Å². The minimum Gasteiger partial charge on any atom is -0.0877 e. The summed E-state index contributed by atoms with van der Waals surface area (Å²) in [6, 6.07) is 89.0. The minimum atomic E-state index is 1.24. The van der Waals surface area contributed by atoms with E-state index in [2.05, 4.69) is 243 Å². The van der Waals surface area contributed by atoms with Gasteiger partial charge in [-0.25, -0.2) is 0 Å². The zero-order valence-electron chi connectivity index (χ0n) is 37.7. The predicted octanol–water partition coefficient (Wildman–Crippen LogP) is 20.5. The van der Waals surface area contributed by atoms with Gasteiger partial charge in [-0.1, -0.05) is 229 Å². The van der Waals surface area contributed by atoms with Crippen molar-refractivity contribution in [3.63, 3.8) is 0 Å². The van der Waals surface area contributed by atoms with Gasteiger partial charge in [0.1, 0.15) is 0 Å². The maximum atomic E-state index is 2.39. The van der Waals surface area contributed by atoms with Crippen LogP contribution in [-0.2, 0) is 0 Å². The summed E-state index contributed by atoms with van der Waals surface area (Å²) in [6.07, 6.45) is 0. The Morgan fingerprint density at radius 2 is 0.500 bits per heavy atom. The second-order valence-corrected chi connectivity index (χ2v) is 22.2. The summed E-state index contributed by atoms with van der Waals surface area (Å²) in [5.74, 6) is 0. The van der Waals surface area contributed by atoms with Crippen LogP contribution >= 0.6 is 47.0 Å². The molecule has 0 N–H and O–H groups in total. The lowest BCUT2D eigenvalue weighted by Gasteiger charge is -2.21. The molecule has 0 bridgehead atoms. The molecule has 0 amide bonds. The van der Waals surface area contributed by atoms with Gasteiger partial charge in [0.2, 0.25) is 0 Å². The van der Waals surface area contributed by atoms with Crippen LogP contribution in [0.5, 0.6) is 0 Å². The summed E-state index contributed by atoms with van der Waals surface area (Å²) in [4.78, 5) is 10.7. The first-order valence-electron chi connectivity index (χ1n) is 23.6. The third kappa shape index (κ3) is 7.20. The summed E-state index contributed by atoms with van der Waals surface area (Å²) in [6.45, 7) is 0. The Labute approximate surface area is 423 Å². The Bertz CT molecular complexity index is 4190. The Balaban J connectivity index is 0.000000133. The molecule has 13 aromatic rings. The standard InChI is InChI=1S/C36H22S2.C30H18S2/c1-2-12-29-27(10-1)28-11-3-4-13-30(28)32-21-25(16-18-31(29)32)23-8-7-9-24(20-23)26-17-19-35-36(22-26)38-34-15-6-5-14-33(34)37-35;1-2-10-23-21(8-1)22-9-3-4-11-24(22)26-18-19(16-17-25(23)26)20-12-7-15-29-30(20)32-28-14-6-5-13-27(28)31-29/h1-22H;1-18H. The molecule has 0 radical (unpaired) electrons. The molecule has 0 fully saturated rings. The molecule has 328 valence electrons. The third-order valence-corrected chi connectivity index (χ3v) is 19.0. The molecule has 2 heterocycles. The molecule has 0 saturated heterocycles. The van der Waals surface area contributed by atoms with Gasteiger partial charge in [-0.2, -0.15) is 0 Å². The van der Waals surface area contributed by atoms with Gasteiger partial charge in [0.05, 0.1) is 0 Å². The van der Waals surface area contributed by atoms with E-state index in [9.17, 15) is 0 Å². The fraction of sp³-hybridized carbons (Fsp3) is 0. The van der Waals surface area contributed by atoms with Gasteiger partial charge < -0.3 is 0 Å². The highest BCUT2D eigenvalue weighted by Gasteiger charge is 2.21. The second-order valence-electron chi connectivity index (χ2n) is 17.9. The Hall–Kier alpha value is -7.18. The van der Waals surface area contributed by atoms with Crippen LogP contribution in [0, 0.1) is 0 Å². The van der Waals surface area contributed by atoms with Crippen LogP contribution in [0.4, 0.5) is 0 Å². The van der Waals surface area contributed by atoms with Crippen LogP contribution in [0.25, 0.3) is 98.0 Å². The number of rotatable bonds is 3. The topological polar surface area (TPSA) is 0 Å². The molecule has 0 saturated carbocycles. The quantitative estimate of drug-likeness (QED) is 0.162. The molecular formula is C66H40S4. The van der Waals surface area contributed by atoms with E-state index in [1.54, 1.807) is 0 Å². The average Bonchev–Trinajstić information content (AvgIpc) is 3.44. The van der Waals surface area contributed by atoms with Gasteiger partial charge in [0.15, 0.2) is 0 Å². The van der Waals surface area contributed by atoms with E-state index in [0.717, 1.165) is 0 Å². The molecule has 2 aliphatic heterocycles. The first kappa shape index (κ1) is 41.8. The summed E-state index contributed by atoms with van der Waals surface area (Å²) in [5.41, 5.74) is 7.59. The Kier molecular flexibility index (Phi) is 10.3. The summed E-state index contributed by atoms with van der Waals surface area (Å²) in [5, 5.41) is 15.8. The van der Waals surface area contributed by atoms with Gasteiger partial charge in [0.25, 0.3) is 0 Å². The molecule has 0 unspecified atom stereocenters. The molecule has 0 nitrogen and oxygen atoms in total. The molecule has 0 aliphatic carbocycles. The number of hydrogen-bond acceptors (Lipinski definition) is 4. The third-order valence-electron chi connectivity index (χ3n) is 13.8. The van der Waals surface area contributed by atoms with Crippen molar-refractivity contribution >= 4 is 112 Å². The lowest BCUT2D eigenvalue weighted by molar-refractivity contribution is 1.16. The van der Waals surface area contributed by atoms with E-state index in [0.29, 0.717) is 0 Å². The van der Waals surface area contributed by atoms with Gasteiger partial charge in [-0.3, -0.25) is 0 Å². The van der Waals surface area contributed by atoms with Crippen molar-refractivity contribution in [2.24, 2.45) is 0 Å². The number of benzene rings is 13. The van der Waals surface area contributed by atoms with Gasteiger partial charge in [-0.15, -0.1) is 0 Å². The largest absolute Gasteiger partial charge is 0.0877 e. The van der Waals surface area contributed by atoms with Crippen LogP contribution in [0.3, 0.4) is 0 Å². The van der Waals surface area contributed by atoms with Crippen molar-refractivity contribution in [2.45, 2.75) is 39.2 Å². The van der Waals surface area contributed by atoms with E-state index in [1.807, 2.05) is 47.0 Å². The first-order chi connectivity index (χ1) is 34.7. The normalized spacial score (nSPS) is 12.6. The fourth-order valence-electron chi connectivity index (χ4n) is 10.5. The number of hydrogen-bond donors (Lipinski definition) is 0. The molecule has 4 heteroatoms. The maximum Gasteiger partial charge on any atom is 0.0340 e. The van der Waals surface area contributed by atoms with Crippen LogP contribution in [0.15, 0.2) is 282 Å². The van der Waals surface area contributed by atoms with Gasteiger partial charge in [0, 0.05) is 39.2 Å². The zero-order valence-corrected chi connectivity index (χ0v) is 41.0. The van der Waals surface area contributed by atoms with E-state index >= 15 is 0 Å². The second kappa shape index (κ2) is 17.3. The van der Waals surface area contributed by atoms with Crippen LogP contribution in [-0.4, -0.2) is 0 Å². The molecule has 0 aromatic heterocycles. The van der Waals surface area contributed by atoms with Crippen molar-refractivity contribution in [1.82, 2.24) is 0 Å². The van der Waals surface area contributed by atoms with Crippen molar-refractivity contribution in [1.29, 1.82) is 0 Å². The van der Waals surface area contributed by atoms with Crippen molar-refractivity contribution < 1.29 is 0 Å². The molecule has 2 aliphatic rings. The van der Waals surface area contributed by atoms with E-state index in [1.165, 1.54) is 137 Å². The number of fused-ring (bicyclic) bond motifs is 16. The van der Waals surface area contributed by atoms with Crippen LogP contribution < -0.4 is 0 Å². The fourth-order valence-corrected chi connectivity index (χ4v) is 15.2. The Morgan fingerprint density at radius 1 is 0.171 bits per heavy atom. The van der Waals surface area contributed by atoms with E-state index < -0.39 is 0 Å². The molecule has 0 spiro atoms. The first-order valence-corrected chi connectivity index (χ1v) is 26.9. The van der Waals surface area contributed by atoms with Gasteiger partial charge >= 0.3 is 0 Å². The lowest BCUT2D eigenvalue weighted by Crippen LogP contribution is -1.92. The van der Waals surface area contributed by atoms with E-state index in [-0.39, 0.29) is 0 Å². The maximum absolute atomic E-state index is 2.39. The highest BCUT2D eigenvalue weighted by atomic mass is 32.2. The SMILES string of the molecule is c1cc(-c2ccc3c(c2)Sc2ccccc2S3)cc(-c2ccc3c4ccccc4c4ccccc4c3c2)c1.c1ccc2c(c1)Sc1cccc(-c3ccc4c5ccccc5c5ccccc5c4c3)c1S2. The van der Waals surface area contributed by atoms with Crippen LogP contribution in [0.2, 0.25) is 0 Å². The lowest BCUT2D eigenvalue weighted by atomic mass is 9.91. The van der Waals surface area contributed by atoms with Gasteiger partial charge in [-0.05, 0) is 159 Å². The van der Waals surface area contributed by atoms with Crippen molar-refractivity contribution in [3.8, 4) is 33.4 Å². The Morgan fingerprint density at radius 3 is 1.03 bits per heavy atom. The molecule has 15 rings (SSSR count). The molecule has 13 aromatic carbocycles. The summed E-state index contributed by atoms with van der Waals surface area (Å²) < 4.78 is 0. The average molecular weight is 961 g/mol. The van der Waals surface area contributed by atoms with Crippen molar-refractivity contribution in [3.05, 3.63) is 243 Å². The highest BCUT2D eigenvalue weighted by Crippen LogP contribution is 2.53. The zero-order chi connectivity index (χ0) is 46.1. The summed E-state index contributed by atoms with van der Waals surface area (Å²) >= 11 is 7.52. The van der Waals surface area contributed by atoms with E-state index in [4.69, 9.17) is 0 Å².